The summed E-state index contributed by atoms with van der Waals surface area (Å²) in [7, 11) is 0. The molecule has 144 valence electrons. The molecule has 3 nitrogen and oxygen atoms in total. The van der Waals surface area contributed by atoms with E-state index in [4.69, 9.17) is 27.9 Å². The van der Waals surface area contributed by atoms with Gasteiger partial charge in [0.1, 0.15) is 6.10 Å². The molecule has 0 aromatic heterocycles. The molecule has 0 bridgehead atoms. The Labute approximate surface area is 171 Å². The molecule has 27 heavy (non-hydrogen) atoms. The Hall–Kier alpha value is -1.55. The molecule has 1 amide bonds. The van der Waals surface area contributed by atoms with Gasteiger partial charge >= 0.3 is 0 Å². The third-order valence-corrected chi connectivity index (χ3v) is 5.76. The lowest BCUT2D eigenvalue weighted by molar-refractivity contribution is -0.138. The first-order valence-corrected chi connectivity index (χ1v) is 10.2. The second kappa shape index (κ2) is 9.09. The van der Waals surface area contributed by atoms with E-state index in [9.17, 15) is 4.79 Å². The highest BCUT2D eigenvalue weighted by Gasteiger charge is 2.26. The van der Waals surface area contributed by atoms with Crippen molar-refractivity contribution in [2.45, 2.75) is 39.2 Å². The van der Waals surface area contributed by atoms with Crippen molar-refractivity contribution in [2.24, 2.45) is 0 Å². The number of ether oxygens (including phenoxy) is 1. The summed E-state index contributed by atoms with van der Waals surface area (Å²) < 4.78 is 5.87. The predicted octanol–water partition coefficient (Wildman–Crippen LogP) is 5.26. The molecule has 1 fully saturated rings. The zero-order valence-electron chi connectivity index (χ0n) is 15.8. The average Bonchev–Trinajstić information content (AvgIpc) is 2.69. The van der Waals surface area contributed by atoms with Crippen LogP contribution < -0.4 is 0 Å². The van der Waals surface area contributed by atoms with E-state index in [0.29, 0.717) is 36.2 Å². The van der Waals surface area contributed by atoms with Gasteiger partial charge in [-0.2, -0.15) is 0 Å². The lowest BCUT2D eigenvalue weighted by atomic mass is 10.00. The molecule has 1 heterocycles. The number of carbonyl (C=O) groups excluding carboxylic acids is 1. The Kier molecular flexibility index (Phi) is 6.80. The first kappa shape index (κ1) is 20.2. The fourth-order valence-electron chi connectivity index (χ4n) is 3.43. The summed E-state index contributed by atoms with van der Waals surface area (Å²) in [6.07, 6.45) is 2.21. The number of morpholine rings is 1. The number of nitrogens with zero attached hydrogens (tertiary/aromatic N) is 1. The molecule has 3 rings (SSSR count). The average molecular weight is 406 g/mol. The SMILES string of the molecule is CCc1cc(CC)cc(CC(=O)N2CCOC(c3ccc(Cl)c(Cl)c3)C2)c1. The van der Waals surface area contributed by atoms with Gasteiger partial charge in [-0.15, -0.1) is 0 Å². The number of hydrogen-bond acceptors (Lipinski definition) is 2. The molecular weight excluding hydrogens is 381 g/mol. The molecule has 5 heteroatoms. The lowest BCUT2D eigenvalue weighted by Gasteiger charge is -2.33. The van der Waals surface area contributed by atoms with Crippen molar-refractivity contribution >= 4 is 29.1 Å². The Morgan fingerprint density at radius 3 is 2.33 bits per heavy atom. The van der Waals surface area contributed by atoms with Crippen LogP contribution >= 0.6 is 23.2 Å². The van der Waals surface area contributed by atoms with E-state index in [-0.39, 0.29) is 12.0 Å². The maximum absolute atomic E-state index is 12.9. The quantitative estimate of drug-likeness (QED) is 0.678. The number of aryl methyl sites for hydroxylation is 2. The summed E-state index contributed by atoms with van der Waals surface area (Å²) >= 11 is 12.1. The van der Waals surface area contributed by atoms with Gasteiger partial charge < -0.3 is 9.64 Å². The van der Waals surface area contributed by atoms with Crippen LogP contribution in [0.5, 0.6) is 0 Å². The Morgan fingerprint density at radius 1 is 1.04 bits per heavy atom. The van der Waals surface area contributed by atoms with E-state index in [0.717, 1.165) is 24.0 Å². The number of rotatable bonds is 5. The summed E-state index contributed by atoms with van der Waals surface area (Å²) in [5.41, 5.74) is 4.61. The van der Waals surface area contributed by atoms with Crippen LogP contribution in [0.4, 0.5) is 0 Å². The summed E-state index contributed by atoms with van der Waals surface area (Å²) in [5.74, 6) is 0.138. The van der Waals surface area contributed by atoms with Crippen LogP contribution in [0.3, 0.4) is 0 Å². The molecule has 0 radical (unpaired) electrons. The normalized spacial score (nSPS) is 17.2. The molecule has 0 aliphatic carbocycles. The smallest absolute Gasteiger partial charge is 0.227 e. The standard InChI is InChI=1S/C22H25Cl2NO2/c1-3-15-9-16(4-2)11-17(10-15)12-22(26)25-7-8-27-21(14-25)18-5-6-19(23)20(24)13-18/h5-6,9-11,13,21H,3-4,7-8,12,14H2,1-2H3. The highest BCUT2D eigenvalue weighted by molar-refractivity contribution is 6.42. The van der Waals surface area contributed by atoms with E-state index < -0.39 is 0 Å². The summed E-state index contributed by atoms with van der Waals surface area (Å²) in [6.45, 7) is 5.95. The molecule has 0 saturated carbocycles. The molecule has 1 unspecified atom stereocenters. The van der Waals surface area contributed by atoms with E-state index in [1.807, 2.05) is 17.0 Å². The minimum Gasteiger partial charge on any atom is -0.370 e. The number of hydrogen-bond donors (Lipinski definition) is 0. The van der Waals surface area contributed by atoms with Crippen LogP contribution in [-0.4, -0.2) is 30.5 Å². The molecule has 2 aromatic carbocycles. The van der Waals surface area contributed by atoms with Crippen LogP contribution in [0.2, 0.25) is 10.0 Å². The van der Waals surface area contributed by atoms with Crippen molar-refractivity contribution in [1.29, 1.82) is 0 Å². The Balaban J connectivity index is 1.70. The first-order chi connectivity index (χ1) is 13.0. The topological polar surface area (TPSA) is 29.5 Å². The fraction of sp³-hybridized carbons (Fsp3) is 0.409. The van der Waals surface area contributed by atoms with Crippen LogP contribution in [0.15, 0.2) is 36.4 Å². The maximum Gasteiger partial charge on any atom is 0.227 e. The minimum atomic E-state index is -0.175. The van der Waals surface area contributed by atoms with Crippen LogP contribution in [0.25, 0.3) is 0 Å². The van der Waals surface area contributed by atoms with Gasteiger partial charge in [0.05, 0.1) is 29.6 Å². The van der Waals surface area contributed by atoms with Gasteiger partial charge in [0.15, 0.2) is 0 Å². The van der Waals surface area contributed by atoms with E-state index >= 15 is 0 Å². The maximum atomic E-state index is 12.9. The van der Waals surface area contributed by atoms with Gasteiger partial charge in [-0.05, 0) is 47.2 Å². The molecule has 1 saturated heterocycles. The molecular formula is C22H25Cl2NO2. The summed E-state index contributed by atoms with van der Waals surface area (Å²) in [4.78, 5) is 14.8. The monoisotopic (exact) mass is 405 g/mol. The van der Waals surface area contributed by atoms with Crippen molar-refractivity contribution in [2.75, 3.05) is 19.7 Å². The Bertz CT molecular complexity index is 800. The van der Waals surface area contributed by atoms with Crippen molar-refractivity contribution in [3.05, 3.63) is 68.7 Å². The molecule has 1 atom stereocenters. The summed E-state index contributed by atoms with van der Waals surface area (Å²) in [5, 5.41) is 1.02. The van der Waals surface area contributed by atoms with Gasteiger partial charge in [0.25, 0.3) is 0 Å². The van der Waals surface area contributed by atoms with Crippen molar-refractivity contribution in [1.82, 2.24) is 4.90 Å². The van der Waals surface area contributed by atoms with Crippen molar-refractivity contribution in [3.8, 4) is 0 Å². The molecule has 0 spiro atoms. The number of carbonyl (C=O) groups is 1. The lowest BCUT2D eigenvalue weighted by Crippen LogP contribution is -2.43. The first-order valence-electron chi connectivity index (χ1n) is 9.46. The van der Waals surface area contributed by atoms with E-state index in [1.54, 1.807) is 6.07 Å². The van der Waals surface area contributed by atoms with Crippen LogP contribution in [0, 0.1) is 0 Å². The van der Waals surface area contributed by atoms with Crippen LogP contribution in [-0.2, 0) is 28.8 Å². The predicted molar refractivity (Wildman–Crippen MR) is 111 cm³/mol. The Morgan fingerprint density at radius 2 is 1.70 bits per heavy atom. The highest BCUT2D eigenvalue weighted by Crippen LogP contribution is 2.29. The molecule has 2 aromatic rings. The van der Waals surface area contributed by atoms with Crippen molar-refractivity contribution in [3.63, 3.8) is 0 Å². The zero-order valence-corrected chi connectivity index (χ0v) is 17.3. The molecule has 1 aliphatic heterocycles. The largest absolute Gasteiger partial charge is 0.370 e. The van der Waals surface area contributed by atoms with Gasteiger partial charge in [0, 0.05) is 6.54 Å². The third-order valence-electron chi connectivity index (χ3n) is 5.02. The number of benzene rings is 2. The van der Waals surface area contributed by atoms with Gasteiger partial charge in [-0.25, -0.2) is 0 Å². The second-order valence-electron chi connectivity index (χ2n) is 6.91. The zero-order chi connectivity index (χ0) is 19.4. The highest BCUT2D eigenvalue weighted by atomic mass is 35.5. The van der Waals surface area contributed by atoms with Gasteiger partial charge in [-0.3, -0.25) is 4.79 Å². The third kappa shape index (κ3) is 5.04. The van der Waals surface area contributed by atoms with Gasteiger partial charge in [0.2, 0.25) is 5.91 Å². The van der Waals surface area contributed by atoms with E-state index in [2.05, 4.69) is 32.0 Å². The molecule has 1 aliphatic rings. The van der Waals surface area contributed by atoms with Crippen LogP contribution in [0.1, 0.15) is 42.2 Å². The minimum absolute atomic E-state index is 0.138. The summed E-state index contributed by atoms with van der Waals surface area (Å²) in [6, 6.07) is 12.0. The number of halogens is 2. The van der Waals surface area contributed by atoms with Crippen molar-refractivity contribution < 1.29 is 9.53 Å². The fourth-order valence-corrected chi connectivity index (χ4v) is 3.73. The molecule has 0 N–H and O–H groups in total. The number of amides is 1. The van der Waals surface area contributed by atoms with E-state index in [1.165, 1.54) is 11.1 Å². The second-order valence-corrected chi connectivity index (χ2v) is 7.73. The van der Waals surface area contributed by atoms with Gasteiger partial charge in [-0.1, -0.05) is 61.3 Å².